The molecule has 0 saturated heterocycles. The Morgan fingerprint density at radius 2 is 1.92 bits per heavy atom. The van der Waals surface area contributed by atoms with Gasteiger partial charge in [0, 0.05) is 48.6 Å². The first-order valence-corrected chi connectivity index (χ1v) is 8.46. The minimum Gasteiger partial charge on any atom is -0.339 e. The summed E-state index contributed by atoms with van der Waals surface area (Å²) in [5, 5.41) is 3.16. The molecule has 3 aromatic rings. The van der Waals surface area contributed by atoms with Crippen LogP contribution < -0.4 is 5.32 Å². The van der Waals surface area contributed by atoms with Crippen molar-refractivity contribution in [1.29, 1.82) is 0 Å². The Kier molecular flexibility index (Phi) is 5.53. The van der Waals surface area contributed by atoms with Crippen LogP contribution in [-0.2, 0) is 6.54 Å². The van der Waals surface area contributed by atoms with Crippen molar-refractivity contribution in [3.05, 3.63) is 78.5 Å². The van der Waals surface area contributed by atoms with Crippen LogP contribution in [0.15, 0.2) is 67.4 Å². The summed E-state index contributed by atoms with van der Waals surface area (Å²) in [5.41, 5.74) is 2.42. The predicted molar refractivity (Wildman–Crippen MR) is 101 cm³/mol. The summed E-state index contributed by atoms with van der Waals surface area (Å²) in [5.74, 6) is 0.611. The molecule has 0 fully saturated rings. The normalized spacial score (nSPS) is 10.6. The average molecular weight is 347 g/mol. The number of carbonyl (C=O) groups is 1. The third-order valence-electron chi connectivity index (χ3n) is 3.91. The molecular weight excluding hydrogens is 326 g/mol. The van der Waals surface area contributed by atoms with Gasteiger partial charge in [0.1, 0.15) is 5.82 Å². The summed E-state index contributed by atoms with van der Waals surface area (Å²) in [6, 6.07) is 11.3. The maximum absolute atomic E-state index is 13.0. The Balaban J connectivity index is 1.79. The fraction of sp³-hybridized carbons (Fsp3) is 0.200. The van der Waals surface area contributed by atoms with E-state index in [1.54, 1.807) is 31.0 Å². The van der Waals surface area contributed by atoms with Crippen molar-refractivity contribution in [2.45, 2.75) is 26.4 Å². The third-order valence-corrected chi connectivity index (χ3v) is 3.91. The van der Waals surface area contributed by atoms with Gasteiger partial charge >= 0.3 is 0 Å². The summed E-state index contributed by atoms with van der Waals surface area (Å²) >= 11 is 0. The van der Waals surface area contributed by atoms with Gasteiger partial charge in [0.2, 0.25) is 0 Å². The molecule has 2 heterocycles. The van der Waals surface area contributed by atoms with Crippen LogP contribution in [0.4, 0.5) is 11.5 Å². The third kappa shape index (κ3) is 4.42. The van der Waals surface area contributed by atoms with Gasteiger partial charge in [-0.2, -0.15) is 0 Å². The second-order valence-corrected chi connectivity index (χ2v) is 6.18. The van der Waals surface area contributed by atoms with Gasteiger partial charge in [-0.25, -0.2) is 4.98 Å². The SMILES string of the molecule is CC(C)N(Cc1cccnc1)C(=O)c1cccc(Nc2cnccn2)c1. The van der Waals surface area contributed by atoms with Crippen molar-refractivity contribution in [1.82, 2.24) is 19.9 Å². The first-order chi connectivity index (χ1) is 12.6. The summed E-state index contributed by atoms with van der Waals surface area (Å²) in [4.78, 5) is 27.2. The first-order valence-electron chi connectivity index (χ1n) is 8.46. The number of anilines is 2. The molecular formula is C20H21N5O. The van der Waals surface area contributed by atoms with Crippen LogP contribution in [0.2, 0.25) is 0 Å². The lowest BCUT2D eigenvalue weighted by molar-refractivity contribution is 0.0690. The number of pyridine rings is 1. The number of nitrogens with zero attached hydrogens (tertiary/aromatic N) is 4. The maximum Gasteiger partial charge on any atom is 0.254 e. The molecule has 0 saturated carbocycles. The second-order valence-electron chi connectivity index (χ2n) is 6.18. The number of hydrogen-bond acceptors (Lipinski definition) is 5. The Morgan fingerprint density at radius 1 is 1.08 bits per heavy atom. The van der Waals surface area contributed by atoms with E-state index in [4.69, 9.17) is 0 Å². The van der Waals surface area contributed by atoms with Gasteiger partial charge in [0.05, 0.1) is 6.20 Å². The van der Waals surface area contributed by atoms with E-state index in [-0.39, 0.29) is 11.9 Å². The fourth-order valence-electron chi connectivity index (χ4n) is 2.58. The molecule has 1 aromatic carbocycles. The molecule has 1 N–H and O–H groups in total. The molecule has 6 heteroatoms. The van der Waals surface area contributed by atoms with Crippen molar-refractivity contribution in [2.75, 3.05) is 5.32 Å². The van der Waals surface area contributed by atoms with Gasteiger partial charge in [0.25, 0.3) is 5.91 Å². The van der Waals surface area contributed by atoms with Gasteiger partial charge < -0.3 is 10.2 Å². The molecule has 0 aliphatic rings. The highest BCUT2D eigenvalue weighted by Crippen LogP contribution is 2.18. The van der Waals surface area contributed by atoms with Crippen LogP contribution in [0, 0.1) is 0 Å². The highest BCUT2D eigenvalue weighted by molar-refractivity contribution is 5.95. The number of benzene rings is 1. The average Bonchev–Trinajstić information content (AvgIpc) is 2.67. The standard InChI is InChI=1S/C20H21N5O/c1-15(2)25(14-16-5-4-8-21-12-16)20(26)17-6-3-7-18(11-17)24-19-13-22-9-10-23-19/h3-13,15H,14H2,1-2H3,(H,23,24). The smallest absolute Gasteiger partial charge is 0.254 e. The Hall–Kier alpha value is -3.28. The minimum atomic E-state index is -0.0216. The van der Waals surface area contributed by atoms with Crippen LogP contribution >= 0.6 is 0 Å². The quantitative estimate of drug-likeness (QED) is 0.737. The van der Waals surface area contributed by atoms with Gasteiger partial charge in [-0.1, -0.05) is 12.1 Å². The molecule has 0 spiro atoms. The zero-order chi connectivity index (χ0) is 18.4. The number of hydrogen-bond donors (Lipinski definition) is 1. The predicted octanol–water partition coefficient (Wildman–Crippen LogP) is 3.67. The number of amides is 1. The van der Waals surface area contributed by atoms with E-state index < -0.39 is 0 Å². The lowest BCUT2D eigenvalue weighted by atomic mass is 10.1. The van der Waals surface area contributed by atoms with Crippen molar-refractivity contribution in [3.8, 4) is 0 Å². The molecule has 6 nitrogen and oxygen atoms in total. The minimum absolute atomic E-state index is 0.0216. The number of nitrogens with one attached hydrogen (secondary N) is 1. The molecule has 0 aliphatic heterocycles. The summed E-state index contributed by atoms with van der Waals surface area (Å²) in [6.07, 6.45) is 8.38. The summed E-state index contributed by atoms with van der Waals surface area (Å²) in [6.45, 7) is 4.54. The second kappa shape index (κ2) is 8.20. The number of carbonyl (C=O) groups excluding carboxylic acids is 1. The highest BCUT2D eigenvalue weighted by Gasteiger charge is 2.19. The van der Waals surface area contributed by atoms with Crippen LogP contribution in [0.25, 0.3) is 0 Å². The Labute approximate surface area is 153 Å². The Bertz CT molecular complexity index is 852. The Morgan fingerprint density at radius 3 is 2.62 bits per heavy atom. The molecule has 0 atom stereocenters. The molecule has 0 unspecified atom stereocenters. The largest absolute Gasteiger partial charge is 0.339 e. The van der Waals surface area contributed by atoms with Crippen molar-refractivity contribution in [2.24, 2.45) is 0 Å². The lowest BCUT2D eigenvalue weighted by Gasteiger charge is -2.27. The molecule has 0 bridgehead atoms. The number of rotatable bonds is 6. The molecule has 2 aromatic heterocycles. The van der Waals surface area contributed by atoms with Crippen molar-refractivity contribution < 1.29 is 4.79 Å². The van der Waals surface area contributed by atoms with E-state index in [1.165, 1.54) is 0 Å². The molecule has 26 heavy (non-hydrogen) atoms. The van der Waals surface area contributed by atoms with Gasteiger partial charge in [0.15, 0.2) is 0 Å². The van der Waals surface area contributed by atoms with E-state index in [0.717, 1.165) is 11.3 Å². The topological polar surface area (TPSA) is 71.0 Å². The summed E-state index contributed by atoms with van der Waals surface area (Å²) in [7, 11) is 0. The van der Waals surface area contributed by atoms with Gasteiger partial charge in [-0.05, 0) is 43.7 Å². The highest BCUT2D eigenvalue weighted by atomic mass is 16.2. The van der Waals surface area contributed by atoms with Crippen LogP contribution in [-0.4, -0.2) is 31.8 Å². The molecule has 0 radical (unpaired) electrons. The fourth-order valence-corrected chi connectivity index (χ4v) is 2.58. The van der Waals surface area contributed by atoms with E-state index in [1.807, 2.05) is 55.1 Å². The van der Waals surface area contributed by atoms with Crippen LogP contribution in [0.5, 0.6) is 0 Å². The van der Waals surface area contributed by atoms with Gasteiger partial charge in [-0.3, -0.25) is 14.8 Å². The monoisotopic (exact) mass is 347 g/mol. The molecule has 0 aliphatic carbocycles. The van der Waals surface area contributed by atoms with Crippen LogP contribution in [0.3, 0.4) is 0 Å². The van der Waals surface area contributed by atoms with E-state index >= 15 is 0 Å². The zero-order valence-corrected chi connectivity index (χ0v) is 14.8. The first kappa shape index (κ1) is 17.5. The molecule has 3 rings (SSSR count). The van der Waals surface area contributed by atoms with Crippen molar-refractivity contribution >= 4 is 17.4 Å². The van der Waals surface area contributed by atoms with E-state index in [9.17, 15) is 4.79 Å². The molecule has 132 valence electrons. The lowest BCUT2D eigenvalue weighted by Crippen LogP contribution is -2.36. The van der Waals surface area contributed by atoms with E-state index in [0.29, 0.717) is 17.9 Å². The maximum atomic E-state index is 13.0. The zero-order valence-electron chi connectivity index (χ0n) is 14.8. The summed E-state index contributed by atoms with van der Waals surface area (Å²) < 4.78 is 0. The van der Waals surface area contributed by atoms with E-state index in [2.05, 4.69) is 20.3 Å². The molecule has 1 amide bonds. The van der Waals surface area contributed by atoms with Gasteiger partial charge in [-0.15, -0.1) is 0 Å². The number of aromatic nitrogens is 3. The van der Waals surface area contributed by atoms with Crippen molar-refractivity contribution in [3.63, 3.8) is 0 Å². The van der Waals surface area contributed by atoms with Crippen LogP contribution in [0.1, 0.15) is 29.8 Å².